The zero-order chi connectivity index (χ0) is 16.8. The minimum Gasteiger partial charge on any atom is -0.253 e. The molecule has 1 amide bonds. The number of alkyl halides is 1. The first-order valence-corrected chi connectivity index (χ1v) is 10.6. The number of halogens is 1. The maximum Gasteiger partial charge on any atom is 0.0794 e. The van der Waals surface area contributed by atoms with Crippen molar-refractivity contribution in [2.24, 2.45) is 0 Å². The molecule has 0 aliphatic carbocycles. The average molecular weight is 409 g/mol. The molecule has 0 unspecified atom stereocenters. The number of nitrogens with zero attached hydrogens (tertiary/aromatic N) is 1. The molecule has 1 aromatic heterocycles. The van der Waals surface area contributed by atoms with Crippen LogP contribution in [0.1, 0.15) is 11.8 Å². The van der Waals surface area contributed by atoms with Gasteiger partial charge < -0.3 is 0 Å². The Balaban J connectivity index is 0.000000287. The van der Waals surface area contributed by atoms with E-state index in [4.69, 9.17) is 19.8 Å². The summed E-state index contributed by atoms with van der Waals surface area (Å²) in [7, 11) is 0. The quantitative estimate of drug-likeness (QED) is 0.339. The van der Waals surface area contributed by atoms with E-state index in [1.54, 1.807) is 23.0 Å². The van der Waals surface area contributed by atoms with Crippen molar-refractivity contribution in [3.8, 4) is 5.75 Å². The Morgan fingerprint density at radius 3 is 2.55 bits per heavy atom. The van der Waals surface area contributed by atoms with Crippen molar-refractivity contribution in [1.82, 2.24) is 4.98 Å². The van der Waals surface area contributed by atoms with Gasteiger partial charge in [-0.05, 0) is 0 Å². The second-order valence-corrected chi connectivity index (χ2v) is 8.53. The van der Waals surface area contributed by atoms with Crippen LogP contribution in [0.5, 0.6) is 5.75 Å². The number of thiazole rings is 1. The zero-order valence-electron chi connectivity index (χ0n) is 11.4. The number of nitrogens with one attached hydrogen (secondary N) is 1. The molecule has 22 heavy (non-hydrogen) atoms. The van der Waals surface area contributed by atoms with E-state index < -0.39 is 20.1 Å². The molecule has 1 heterocycles. The molecule has 0 atom stereocenters. The van der Waals surface area contributed by atoms with Gasteiger partial charge in [-0.25, -0.2) is 0 Å². The number of hydrogen-bond acceptors (Lipinski definition) is 5. The van der Waals surface area contributed by atoms with Gasteiger partial charge in [0.1, 0.15) is 0 Å². The number of carbonyl (C=O) groups is 1. The summed E-state index contributed by atoms with van der Waals surface area (Å²) < 4.78 is 28.8. The summed E-state index contributed by atoms with van der Waals surface area (Å²) in [5.41, 5.74) is 1.55. The molecule has 0 bridgehead atoms. The number of carbonyl (C=O) groups excluding carboxylic acids is 1. The number of hydrogen-bond donors (Lipinski definition) is 4. The molecule has 0 saturated carbocycles. The number of aromatic hydroxyl groups is 1. The number of amides is 1. The first kappa shape index (κ1) is 18.7. The van der Waals surface area contributed by atoms with Crippen molar-refractivity contribution in [3.05, 3.63) is 34.8 Å². The van der Waals surface area contributed by atoms with E-state index in [-0.39, 0.29) is 15.8 Å². The van der Waals surface area contributed by atoms with Crippen LogP contribution in [0, 0.1) is 0 Å². The smallest absolute Gasteiger partial charge is 0.0794 e. The molecule has 10 heteroatoms. The van der Waals surface area contributed by atoms with Crippen molar-refractivity contribution < 1.29 is 21.8 Å². The first-order valence-electron chi connectivity index (χ1n) is 5.84. The Morgan fingerprint density at radius 2 is 2.14 bits per heavy atom. The number of phenols is 1. The molecule has 0 saturated heterocycles. The molecule has 2 aromatic rings. The molecular weight excluding hydrogens is 395 g/mol. The Bertz CT molecular complexity index is 674. The van der Waals surface area contributed by atoms with E-state index >= 15 is 0 Å². The van der Waals surface area contributed by atoms with E-state index in [2.05, 4.69) is 10.3 Å². The molecular formula is C12H14AsClN2O5S. The van der Waals surface area contributed by atoms with Crippen LogP contribution < -0.4 is 9.67 Å². The second kappa shape index (κ2) is 8.35. The number of aromatic nitrogens is 1. The van der Waals surface area contributed by atoms with Gasteiger partial charge in [0.05, 0.1) is 11.4 Å². The van der Waals surface area contributed by atoms with Crippen molar-refractivity contribution in [1.29, 1.82) is 0 Å². The van der Waals surface area contributed by atoms with Crippen LogP contribution in [0.25, 0.3) is 0 Å². The van der Waals surface area contributed by atoms with E-state index in [1.807, 2.05) is 0 Å². The minimum atomic E-state index is -5.14. The van der Waals surface area contributed by atoms with Crippen molar-refractivity contribution >= 4 is 53.1 Å². The Labute approximate surface area is 138 Å². The van der Waals surface area contributed by atoms with Gasteiger partial charge in [-0.2, -0.15) is 0 Å². The van der Waals surface area contributed by atoms with Gasteiger partial charge in [0.25, 0.3) is 0 Å². The maximum atomic E-state index is 11.1. The normalized spacial score (nSPS) is 10.5. The monoisotopic (exact) mass is 408 g/mol. The van der Waals surface area contributed by atoms with Gasteiger partial charge >= 0.3 is 88.1 Å². The van der Waals surface area contributed by atoms with Crippen LogP contribution in [-0.4, -0.2) is 38.4 Å². The van der Waals surface area contributed by atoms with Crippen LogP contribution in [0.15, 0.2) is 29.9 Å². The van der Waals surface area contributed by atoms with Gasteiger partial charge in [0.15, 0.2) is 0 Å². The van der Waals surface area contributed by atoms with Crippen molar-refractivity contribution in [2.75, 3.05) is 5.32 Å². The first-order chi connectivity index (χ1) is 10.3. The number of rotatable bonds is 3. The van der Waals surface area contributed by atoms with Crippen LogP contribution in [0.2, 0.25) is 0 Å². The fourth-order valence-corrected chi connectivity index (χ4v) is 3.64. The predicted octanol–water partition coefficient (Wildman–Crippen LogP) is 0.793. The number of para-hydroxylation sites is 1. The number of benzene rings is 1. The Kier molecular flexibility index (Phi) is 7.12. The molecule has 0 spiro atoms. The van der Waals surface area contributed by atoms with E-state index in [9.17, 15) is 13.6 Å². The summed E-state index contributed by atoms with van der Waals surface area (Å²) >= 11 is 1.88. The Morgan fingerprint density at radius 1 is 1.45 bits per heavy atom. The molecule has 0 fully saturated rings. The third-order valence-electron chi connectivity index (χ3n) is 2.25. The summed E-state index contributed by atoms with van der Waals surface area (Å²) in [6, 6.07) is 3.71. The van der Waals surface area contributed by atoms with Crippen molar-refractivity contribution in [2.45, 2.75) is 12.8 Å². The molecule has 1 aromatic carbocycles. The summed E-state index contributed by atoms with van der Waals surface area (Å²) in [6.45, 7) is 1.18. The van der Waals surface area contributed by atoms with Crippen molar-refractivity contribution in [3.63, 3.8) is 0 Å². The Hall–Kier alpha value is -1.31. The van der Waals surface area contributed by atoms with Gasteiger partial charge in [0, 0.05) is 11.1 Å². The standard InChI is InChI=1S/C8H10AsNO5.C4H4ClNS/c1-5(11)10-8-6(9(13,14)15)3-2-4-7(8)12;5-1-4-2-6-3-7-4/h2-4,12H,1H3,(H,10,11)(H2,13,14,15);2-3H,1H2. The molecule has 7 nitrogen and oxygen atoms in total. The fraction of sp³-hybridized carbons (Fsp3) is 0.167. The topological polar surface area (TPSA) is 120 Å². The summed E-state index contributed by atoms with van der Waals surface area (Å²) in [6.07, 6.45) is 1.78. The molecule has 2 rings (SSSR count). The third-order valence-corrected chi connectivity index (χ3v) is 5.58. The summed E-state index contributed by atoms with van der Waals surface area (Å²) in [5.74, 6) is -0.292. The van der Waals surface area contributed by atoms with Gasteiger partial charge in [0.2, 0.25) is 0 Å². The van der Waals surface area contributed by atoms with Crippen LogP contribution in [0.3, 0.4) is 0 Å². The minimum absolute atomic E-state index is 0.225. The van der Waals surface area contributed by atoms with Crippen LogP contribution in [-0.2, 0) is 14.4 Å². The maximum absolute atomic E-state index is 11.1. The molecule has 120 valence electrons. The van der Waals surface area contributed by atoms with Gasteiger partial charge in [-0.3, -0.25) is 4.98 Å². The van der Waals surface area contributed by atoms with E-state index in [0.717, 1.165) is 4.88 Å². The predicted molar refractivity (Wildman–Crippen MR) is 84.6 cm³/mol. The SMILES string of the molecule is CC(=O)Nc1c(O)cccc1[As](=O)(O)O.ClCc1cncs1. The number of anilines is 1. The number of phenolic OH excluding ortho intramolecular Hbond substituents is 1. The molecule has 0 aliphatic rings. The molecule has 0 radical (unpaired) electrons. The average Bonchev–Trinajstić information content (AvgIpc) is 2.93. The molecule has 0 aliphatic heterocycles. The zero-order valence-corrected chi connectivity index (χ0v) is 14.9. The van der Waals surface area contributed by atoms with Crippen LogP contribution in [0.4, 0.5) is 5.69 Å². The third kappa shape index (κ3) is 5.82. The van der Waals surface area contributed by atoms with E-state index in [1.165, 1.54) is 25.1 Å². The van der Waals surface area contributed by atoms with Gasteiger partial charge in [-0.15, -0.1) is 22.9 Å². The summed E-state index contributed by atoms with van der Waals surface area (Å²) in [5, 5.41) is 11.5. The fourth-order valence-electron chi connectivity index (χ4n) is 1.38. The second-order valence-electron chi connectivity index (χ2n) is 4.00. The molecule has 4 N–H and O–H groups in total. The largest absolute Gasteiger partial charge is 0.253 e. The summed E-state index contributed by atoms with van der Waals surface area (Å²) in [4.78, 5) is 15.7. The van der Waals surface area contributed by atoms with Gasteiger partial charge in [-0.1, -0.05) is 0 Å². The van der Waals surface area contributed by atoms with Crippen LogP contribution >= 0.6 is 22.9 Å². The van der Waals surface area contributed by atoms with E-state index in [0.29, 0.717) is 5.88 Å².